The van der Waals surface area contributed by atoms with E-state index in [1.807, 2.05) is 12.1 Å². The minimum Gasteiger partial charge on any atom is -0.366 e. The number of aliphatic imine (C=N–C) groups is 1. The highest BCUT2D eigenvalue weighted by molar-refractivity contribution is 6.31. The molecule has 1 aromatic rings. The molecule has 3 aliphatic heterocycles. The summed E-state index contributed by atoms with van der Waals surface area (Å²) in [5.74, 6) is 1.05. The summed E-state index contributed by atoms with van der Waals surface area (Å²) in [6.45, 7) is 8.55. The van der Waals surface area contributed by atoms with E-state index in [9.17, 15) is 0 Å². The largest absolute Gasteiger partial charge is 0.366 e. The van der Waals surface area contributed by atoms with Crippen molar-refractivity contribution in [2.45, 2.75) is 19.9 Å². The third-order valence-electron chi connectivity index (χ3n) is 5.15. The molecule has 24 heavy (non-hydrogen) atoms. The van der Waals surface area contributed by atoms with Gasteiger partial charge in [0.2, 0.25) is 0 Å². The van der Waals surface area contributed by atoms with Gasteiger partial charge in [-0.25, -0.2) is 0 Å². The first kappa shape index (κ1) is 15.7. The Balaban J connectivity index is 1.81. The van der Waals surface area contributed by atoms with Crippen LogP contribution in [0.4, 0.5) is 5.69 Å². The number of hydrogen-bond donors (Lipinski definition) is 0. The molecule has 3 heterocycles. The summed E-state index contributed by atoms with van der Waals surface area (Å²) in [7, 11) is 2.18. The highest BCUT2D eigenvalue weighted by atomic mass is 35.5. The zero-order chi connectivity index (χ0) is 16.8. The second-order valence-electron chi connectivity index (χ2n) is 6.89. The van der Waals surface area contributed by atoms with Crippen LogP contribution in [0.25, 0.3) is 6.08 Å². The lowest BCUT2D eigenvalue weighted by molar-refractivity contribution is 0.193. The fourth-order valence-corrected chi connectivity index (χ4v) is 3.60. The summed E-state index contributed by atoms with van der Waals surface area (Å²) < 4.78 is 0. The van der Waals surface area contributed by atoms with Crippen molar-refractivity contribution in [2.75, 3.05) is 38.1 Å². The fraction of sp³-hybridized carbons (Fsp3) is 0.421. The van der Waals surface area contributed by atoms with Gasteiger partial charge in [0.1, 0.15) is 0 Å². The number of likely N-dealkylation sites (N-methyl/N-ethyl adjacent to an activating group) is 1. The van der Waals surface area contributed by atoms with E-state index in [4.69, 9.17) is 16.6 Å². The number of fused-ring (bicyclic) bond motifs is 3. The van der Waals surface area contributed by atoms with Crippen molar-refractivity contribution in [1.82, 2.24) is 9.80 Å². The molecule has 1 unspecified atom stereocenters. The van der Waals surface area contributed by atoms with E-state index in [2.05, 4.69) is 53.9 Å². The Hall–Kier alpha value is -1.78. The number of nitrogens with zero attached hydrogens (tertiary/aromatic N) is 4. The Morgan fingerprint density at radius 2 is 1.92 bits per heavy atom. The SMILES string of the molecule is CC1=CN2C(=NC1C)C(N1CCN(C)CC1)=Cc1ccc(Cl)cc12. The van der Waals surface area contributed by atoms with Crippen LogP contribution in [-0.2, 0) is 0 Å². The third-order valence-corrected chi connectivity index (χ3v) is 5.39. The predicted octanol–water partition coefficient (Wildman–Crippen LogP) is 3.45. The number of anilines is 1. The van der Waals surface area contributed by atoms with Gasteiger partial charge in [0, 0.05) is 43.0 Å². The molecule has 0 aliphatic carbocycles. The minimum atomic E-state index is 0.216. The predicted molar refractivity (Wildman–Crippen MR) is 102 cm³/mol. The maximum atomic E-state index is 6.25. The molecule has 1 saturated heterocycles. The van der Waals surface area contributed by atoms with Crippen LogP contribution in [0.1, 0.15) is 19.4 Å². The monoisotopic (exact) mass is 342 g/mol. The van der Waals surface area contributed by atoms with E-state index >= 15 is 0 Å². The van der Waals surface area contributed by atoms with Gasteiger partial charge < -0.3 is 9.80 Å². The summed E-state index contributed by atoms with van der Waals surface area (Å²) >= 11 is 6.25. The number of piperazine rings is 1. The molecular weight excluding hydrogens is 320 g/mol. The first-order valence-corrected chi connectivity index (χ1v) is 8.91. The maximum absolute atomic E-state index is 6.25. The zero-order valence-corrected chi connectivity index (χ0v) is 15.2. The second kappa shape index (κ2) is 5.94. The molecule has 5 heteroatoms. The smallest absolute Gasteiger partial charge is 0.156 e. The van der Waals surface area contributed by atoms with Crippen molar-refractivity contribution < 1.29 is 0 Å². The van der Waals surface area contributed by atoms with Crippen molar-refractivity contribution in [3.05, 3.63) is 46.3 Å². The number of halogens is 1. The van der Waals surface area contributed by atoms with Gasteiger partial charge in [-0.05, 0) is 44.7 Å². The molecular formula is C19H23ClN4. The van der Waals surface area contributed by atoms with Crippen molar-refractivity contribution in [2.24, 2.45) is 4.99 Å². The number of benzene rings is 1. The molecule has 0 radical (unpaired) electrons. The van der Waals surface area contributed by atoms with E-state index in [-0.39, 0.29) is 6.04 Å². The summed E-state index contributed by atoms with van der Waals surface area (Å²) in [4.78, 5) is 12.0. The van der Waals surface area contributed by atoms with Crippen molar-refractivity contribution >= 4 is 29.2 Å². The van der Waals surface area contributed by atoms with E-state index in [1.54, 1.807) is 0 Å². The van der Waals surface area contributed by atoms with Crippen LogP contribution in [0.2, 0.25) is 5.02 Å². The first-order valence-electron chi connectivity index (χ1n) is 8.53. The van der Waals surface area contributed by atoms with Crippen molar-refractivity contribution in [3.63, 3.8) is 0 Å². The van der Waals surface area contributed by atoms with E-state index in [1.165, 1.54) is 16.8 Å². The van der Waals surface area contributed by atoms with Crippen LogP contribution >= 0.6 is 11.6 Å². The molecule has 4 nitrogen and oxygen atoms in total. The quantitative estimate of drug-likeness (QED) is 0.780. The molecule has 0 spiro atoms. The number of rotatable bonds is 1. The molecule has 0 bridgehead atoms. The van der Waals surface area contributed by atoms with Crippen LogP contribution in [0.15, 0.2) is 40.7 Å². The standard InChI is InChI=1S/C19H23ClN4/c1-13-12-24-17-11-16(20)5-4-15(17)10-18(19(24)21-14(13)2)23-8-6-22(3)7-9-23/h4-5,10-12,14H,6-9H2,1-3H3. The second-order valence-corrected chi connectivity index (χ2v) is 7.33. The number of amidine groups is 1. The van der Waals surface area contributed by atoms with Crippen molar-refractivity contribution in [3.8, 4) is 0 Å². The summed E-state index contributed by atoms with van der Waals surface area (Å²) in [6, 6.07) is 6.31. The van der Waals surface area contributed by atoms with Gasteiger partial charge in [0.15, 0.2) is 5.84 Å². The van der Waals surface area contributed by atoms with Gasteiger partial charge in [0.05, 0.1) is 17.4 Å². The van der Waals surface area contributed by atoms with Gasteiger partial charge in [-0.2, -0.15) is 0 Å². The molecule has 0 amide bonds. The molecule has 126 valence electrons. The fourth-order valence-electron chi connectivity index (χ4n) is 3.43. The van der Waals surface area contributed by atoms with Crippen LogP contribution in [0.5, 0.6) is 0 Å². The lowest BCUT2D eigenvalue weighted by Gasteiger charge is -2.41. The Bertz CT molecular complexity index is 757. The first-order chi connectivity index (χ1) is 11.5. The van der Waals surface area contributed by atoms with E-state index in [0.717, 1.165) is 42.7 Å². The molecule has 0 N–H and O–H groups in total. The van der Waals surface area contributed by atoms with Crippen molar-refractivity contribution in [1.29, 1.82) is 0 Å². The van der Waals surface area contributed by atoms with Crippen LogP contribution in [0, 0.1) is 0 Å². The van der Waals surface area contributed by atoms with Gasteiger partial charge >= 0.3 is 0 Å². The Labute approximate surface area is 148 Å². The summed E-state index contributed by atoms with van der Waals surface area (Å²) in [6.07, 6.45) is 4.48. The Morgan fingerprint density at radius 3 is 2.67 bits per heavy atom. The van der Waals surface area contributed by atoms with E-state index < -0.39 is 0 Å². The highest BCUT2D eigenvalue weighted by Gasteiger charge is 2.31. The summed E-state index contributed by atoms with van der Waals surface area (Å²) in [5.41, 5.74) is 4.81. The van der Waals surface area contributed by atoms with Crippen LogP contribution < -0.4 is 4.90 Å². The maximum Gasteiger partial charge on any atom is 0.156 e. The molecule has 1 aromatic carbocycles. The summed E-state index contributed by atoms with van der Waals surface area (Å²) in [5, 5.41) is 0.759. The zero-order valence-electron chi connectivity index (χ0n) is 14.5. The van der Waals surface area contributed by atoms with Gasteiger partial charge in [-0.3, -0.25) is 9.89 Å². The molecule has 1 atom stereocenters. The molecule has 3 aliphatic rings. The van der Waals surface area contributed by atoms with Crippen LogP contribution in [-0.4, -0.2) is 54.9 Å². The Kier molecular flexibility index (Phi) is 3.89. The van der Waals surface area contributed by atoms with Gasteiger partial charge in [0.25, 0.3) is 0 Å². The van der Waals surface area contributed by atoms with Crippen LogP contribution in [0.3, 0.4) is 0 Å². The lowest BCUT2D eigenvalue weighted by atomic mass is 10.0. The average Bonchev–Trinajstić information content (AvgIpc) is 2.57. The Morgan fingerprint density at radius 1 is 1.17 bits per heavy atom. The molecule has 0 aromatic heterocycles. The molecule has 0 saturated carbocycles. The minimum absolute atomic E-state index is 0.216. The molecule has 4 rings (SSSR count). The highest BCUT2D eigenvalue weighted by Crippen LogP contribution is 2.36. The van der Waals surface area contributed by atoms with Gasteiger partial charge in [-0.15, -0.1) is 0 Å². The molecule has 1 fully saturated rings. The lowest BCUT2D eigenvalue weighted by Crippen LogP contribution is -2.48. The van der Waals surface area contributed by atoms with Gasteiger partial charge in [-0.1, -0.05) is 17.7 Å². The third kappa shape index (κ3) is 2.64. The normalized spacial score (nSPS) is 24.0. The topological polar surface area (TPSA) is 22.1 Å². The number of hydrogen-bond acceptors (Lipinski definition) is 4. The van der Waals surface area contributed by atoms with E-state index in [0.29, 0.717) is 0 Å². The average molecular weight is 343 g/mol.